The van der Waals surface area contributed by atoms with Crippen molar-refractivity contribution in [2.75, 3.05) is 46.3 Å². The van der Waals surface area contributed by atoms with E-state index in [0.717, 1.165) is 36.2 Å². The lowest BCUT2D eigenvalue weighted by molar-refractivity contribution is -0.131. The quantitative estimate of drug-likeness (QED) is 0.328. The minimum Gasteiger partial charge on any atom is -0.493 e. The lowest BCUT2D eigenvalue weighted by Crippen LogP contribution is -2.25. The molecule has 0 spiro atoms. The number of benzene rings is 3. The van der Waals surface area contributed by atoms with Crippen molar-refractivity contribution in [2.45, 2.75) is 16.2 Å². The molecule has 0 aliphatic carbocycles. The Morgan fingerprint density at radius 3 is 2.42 bits per heavy atom. The number of ether oxygens (including phenoxy) is 2. The van der Waals surface area contributed by atoms with Gasteiger partial charge in [0.05, 0.1) is 25.6 Å². The molecule has 3 aromatic rings. The largest absolute Gasteiger partial charge is 0.493 e. The topological polar surface area (TPSA) is 62.2 Å². The van der Waals surface area contributed by atoms with E-state index in [1.165, 1.54) is 34.4 Å². The van der Waals surface area contributed by atoms with Crippen LogP contribution in [0.4, 0.5) is 11.4 Å². The first-order valence-corrected chi connectivity index (χ1v) is 12.6. The van der Waals surface area contributed by atoms with Gasteiger partial charge < -0.3 is 24.4 Å². The van der Waals surface area contributed by atoms with E-state index >= 15 is 0 Å². The van der Waals surface area contributed by atoms with Crippen LogP contribution in [0, 0.1) is 0 Å². The second kappa shape index (κ2) is 13.3. The lowest BCUT2D eigenvalue weighted by Gasteiger charge is -2.33. The predicted octanol–water partition coefficient (Wildman–Crippen LogP) is 6.70. The maximum Gasteiger partial charge on any atom is 0.328 e. The third-order valence-corrected chi connectivity index (χ3v) is 6.77. The zero-order chi connectivity index (χ0) is 26.1. The molecular weight excluding hydrogens is 496 g/mol. The summed E-state index contributed by atoms with van der Waals surface area (Å²) in [7, 11) is 7.31. The molecule has 1 heterocycles. The molecule has 0 bridgehead atoms. The number of carboxylic acid groups (broad SMARTS) is 1. The van der Waals surface area contributed by atoms with Crippen LogP contribution in [0.15, 0.2) is 76.5 Å². The van der Waals surface area contributed by atoms with E-state index in [1.54, 1.807) is 25.3 Å². The fraction of sp³-hybridized carbons (Fsp3) is 0.250. The van der Waals surface area contributed by atoms with Gasteiger partial charge in [0.2, 0.25) is 0 Å². The van der Waals surface area contributed by atoms with E-state index < -0.39 is 5.97 Å². The SMILES string of the molecule is CN(C)CCCN1c2ccccc2Sc2ccc(Cl)cc21.COc1ccc(C=CC(=O)O)cc1OC. The van der Waals surface area contributed by atoms with Crippen molar-refractivity contribution in [3.05, 3.63) is 77.3 Å². The number of rotatable bonds is 8. The van der Waals surface area contributed by atoms with Crippen LogP contribution in [0.3, 0.4) is 0 Å². The Bertz CT molecular complexity index is 1220. The first kappa shape index (κ1) is 27.5. The van der Waals surface area contributed by atoms with Gasteiger partial charge in [0.1, 0.15) is 0 Å². The van der Waals surface area contributed by atoms with E-state index in [0.29, 0.717) is 11.5 Å². The summed E-state index contributed by atoms with van der Waals surface area (Å²) in [6.45, 7) is 2.09. The Morgan fingerprint density at radius 2 is 1.72 bits per heavy atom. The molecule has 8 heteroatoms. The Kier molecular flexibility index (Phi) is 10.1. The first-order chi connectivity index (χ1) is 17.3. The van der Waals surface area contributed by atoms with Gasteiger partial charge >= 0.3 is 5.97 Å². The van der Waals surface area contributed by atoms with Gasteiger partial charge in [-0.15, -0.1) is 0 Å². The monoisotopic (exact) mass is 526 g/mol. The summed E-state index contributed by atoms with van der Waals surface area (Å²) >= 11 is 8.03. The van der Waals surface area contributed by atoms with Crippen LogP contribution in [-0.4, -0.2) is 57.4 Å². The molecule has 0 saturated carbocycles. The Hall–Kier alpha value is -3.13. The molecule has 6 nitrogen and oxygen atoms in total. The van der Waals surface area contributed by atoms with Gasteiger partial charge in [-0.05, 0) is 81.2 Å². The zero-order valence-electron chi connectivity index (χ0n) is 20.9. The minimum atomic E-state index is -0.982. The van der Waals surface area contributed by atoms with E-state index in [4.69, 9.17) is 26.2 Å². The average molecular weight is 527 g/mol. The standard InChI is InChI=1S/C17H19ClN2S.C11H12O4/c1-19(2)10-5-11-20-14-6-3-4-7-16(14)21-17-9-8-13(18)12-15(17)20;1-14-9-5-3-8(4-6-11(12)13)7-10(9)15-2/h3-4,6-9,12H,5,10-11H2,1-2H3;3-7H,1-2H3,(H,12,13). The van der Waals surface area contributed by atoms with Crippen LogP contribution >= 0.6 is 23.4 Å². The molecule has 0 fully saturated rings. The summed E-state index contributed by atoms with van der Waals surface area (Å²) in [4.78, 5) is 17.5. The highest BCUT2D eigenvalue weighted by molar-refractivity contribution is 7.99. The molecule has 0 amide bonds. The van der Waals surface area contributed by atoms with E-state index in [-0.39, 0.29) is 0 Å². The van der Waals surface area contributed by atoms with Crippen LogP contribution in [0.1, 0.15) is 12.0 Å². The molecular formula is C28H31ClN2O4S. The van der Waals surface area contributed by atoms with Crippen molar-refractivity contribution in [3.63, 3.8) is 0 Å². The molecule has 0 radical (unpaired) electrons. The number of carbonyl (C=O) groups is 1. The van der Waals surface area contributed by atoms with Gasteiger partial charge in [0, 0.05) is 27.4 Å². The summed E-state index contributed by atoms with van der Waals surface area (Å²) in [5.41, 5.74) is 3.26. The Morgan fingerprint density at radius 1 is 1.00 bits per heavy atom. The molecule has 4 rings (SSSR count). The van der Waals surface area contributed by atoms with Crippen molar-refractivity contribution in [2.24, 2.45) is 0 Å². The van der Waals surface area contributed by atoms with Crippen LogP contribution in [0.5, 0.6) is 11.5 Å². The van der Waals surface area contributed by atoms with Crippen molar-refractivity contribution in [1.82, 2.24) is 4.90 Å². The van der Waals surface area contributed by atoms with Gasteiger partial charge in [-0.1, -0.05) is 41.6 Å². The summed E-state index contributed by atoms with van der Waals surface area (Å²) in [6.07, 6.45) is 3.68. The number of nitrogens with zero attached hydrogens (tertiary/aromatic N) is 2. The van der Waals surface area contributed by atoms with Gasteiger partial charge in [-0.3, -0.25) is 0 Å². The number of halogens is 1. The number of hydrogen-bond acceptors (Lipinski definition) is 6. The molecule has 1 aliphatic heterocycles. The van der Waals surface area contributed by atoms with Crippen molar-refractivity contribution in [3.8, 4) is 11.5 Å². The number of aliphatic carboxylic acids is 1. The van der Waals surface area contributed by atoms with E-state index in [9.17, 15) is 4.79 Å². The second-order valence-electron chi connectivity index (χ2n) is 8.28. The van der Waals surface area contributed by atoms with E-state index in [1.807, 2.05) is 17.8 Å². The second-order valence-corrected chi connectivity index (χ2v) is 9.80. The molecule has 0 unspecified atom stereocenters. The molecule has 1 N–H and O–H groups in total. The molecule has 3 aromatic carbocycles. The van der Waals surface area contributed by atoms with Crippen LogP contribution in [0.25, 0.3) is 6.08 Å². The van der Waals surface area contributed by atoms with E-state index in [2.05, 4.69) is 60.3 Å². The molecule has 1 aliphatic rings. The number of anilines is 2. The van der Waals surface area contributed by atoms with Crippen molar-refractivity contribution in [1.29, 1.82) is 0 Å². The first-order valence-electron chi connectivity index (χ1n) is 11.4. The number of para-hydroxylation sites is 1. The van der Waals surface area contributed by atoms with Crippen LogP contribution in [-0.2, 0) is 4.79 Å². The van der Waals surface area contributed by atoms with Crippen LogP contribution in [0.2, 0.25) is 5.02 Å². The summed E-state index contributed by atoms with van der Waals surface area (Å²) in [5.74, 6) is 0.208. The predicted molar refractivity (Wildman–Crippen MR) is 148 cm³/mol. The van der Waals surface area contributed by atoms with Gasteiger partial charge in [-0.25, -0.2) is 4.79 Å². The maximum atomic E-state index is 10.3. The molecule has 0 atom stereocenters. The minimum absolute atomic E-state index is 0.574. The molecule has 36 heavy (non-hydrogen) atoms. The Labute approximate surface area is 222 Å². The summed E-state index contributed by atoms with van der Waals surface area (Å²) in [5, 5.41) is 9.26. The zero-order valence-corrected chi connectivity index (χ0v) is 22.5. The van der Waals surface area contributed by atoms with Crippen molar-refractivity contribution >= 4 is 46.8 Å². The number of methoxy groups -OCH3 is 2. The third kappa shape index (κ3) is 7.43. The molecule has 0 aromatic heterocycles. The summed E-state index contributed by atoms with van der Waals surface area (Å²) < 4.78 is 10.1. The number of fused-ring (bicyclic) bond motifs is 2. The fourth-order valence-electron chi connectivity index (χ4n) is 3.71. The van der Waals surface area contributed by atoms with Crippen LogP contribution < -0.4 is 14.4 Å². The van der Waals surface area contributed by atoms with Gasteiger partial charge in [0.15, 0.2) is 11.5 Å². The van der Waals surface area contributed by atoms with Crippen molar-refractivity contribution < 1.29 is 19.4 Å². The van der Waals surface area contributed by atoms with Gasteiger partial charge in [-0.2, -0.15) is 0 Å². The highest BCUT2D eigenvalue weighted by Gasteiger charge is 2.23. The molecule has 190 valence electrons. The smallest absolute Gasteiger partial charge is 0.328 e. The lowest BCUT2D eigenvalue weighted by atomic mass is 10.2. The highest BCUT2D eigenvalue weighted by atomic mass is 35.5. The van der Waals surface area contributed by atoms with Gasteiger partial charge in [0.25, 0.3) is 0 Å². The number of hydrogen-bond donors (Lipinski definition) is 1. The number of carboxylic acids is 1. The normalized spacial score (nSPS) is 12.0. The third-order valence-electron chi connectivity index (χ3n) is 5.40. The maximum absolute atomic E-state index is 10.3. The highest BCUT2D eigenvalue weighted by Crippen LogP contribution is 2.48. The Balaban J connectivity index is 0.000000214. The molecule has 0 saturated heterocycles. The summed E-state index contributed by atoms with van der Waals surface area (Å²) in [6, 6.07) is 19.9. The fourth-order valence-corrected chi connectivity index (χ4v) is 4.95. The average Bonchev–Trinajstić information content (AvgIpc) is 2.87.